The van der Waals surface area contributed by atoms with Crippen LogP contribution >= 0.6 is 0 Å². The number of hydrogen-bond acceptors (Lipinski definition) is 2. The van der Waals surface area contributed by atoms with Crippen LogP contribution in [0.3, 0.4) is 0 Å². The van der Waals surface area contributed by atoms with Gasteiger partial charge in [0.2, 0.25) is 0 Å². The fraction of sp³-hybridized carbons (Fsp3) is 0.111. The highest BCUT2D eigenvalue weighted by atomic mass is 16.5. The second-order valence-corrected chi connectivity index (χ2v) is 4.17. The average Bonchev–Trinajstić information content (AvgIpc) is 2.52. The van der Waals surface area contributed by atoms with Crippen molar-refractivity contribution in [3.05, 3.63) is 84.3 Å². The molecule has 2 aromatic carbocycles. The van der Waals surface area contributed by atoms with Gasteiger partial charge in [-0.05, 0) is 23.3 Å². The molecule has 0 saturated heterocycles. The van der Waals surface area contributed by atoms with Gasteiger partial charge in [0.25, 0.3) is 0 Å². The lowest BCUT2D eigenvalue weighted by Gasteiger charge is -2.01. The fourth-order valence-electron chi connectivity index (χ4n) is 1.61. The van der Waals surface area contributed by atoms with Crippen molar-refractivity contribution in [3.8, 4) is 0 Å². The number of hydrogen-bond donors (Lipinski definition) is 0. The van der Waals surface area contributed by atoms with Gasteiger partial charge in [0.15, 0.2) is 0 Å². The van der Waals surface area contributed by atoms with Crippen LogP contribution in [-0.2, 0) is 9.47 Å². The van der Waals surface area contributed by atoms with E-state index in [1.807, 2.05) is 72.8 Å². The Labute approximate surface area is 120 Å². The van der Waals surface area contributed by atoms with E-state index in [0.29, 0.717) is 13.2 Å². The number of rotatable bonds is 7. The third-order valence-corrected chi connectivity index (χ3v) is 2.63. The van der Waals surface area contributed by atoms with E-state index in [1.54, 1.807) is 12.5 Å². The highest BCUT2D eigenvalue weighted by molar-refractivity contribution is 5.48. The highest BCUT2D eigenvalue weighted by Crippen LogP contribution is 2.02. The van der Waals surface area contributed by atoms with Gasteiger partial charge in [-0.3, -0.25) is 0 Å². The van der Waals surface area contributed by atoms with E-state index in [1.165, 1.54) is 0 Å². The minimum atomic E-state index is 0.530. The molecule has 0 saturated carbocycles. The molecule has 0 unspecified atom stereocenters. The quantitative estimate of drug-likeness (QED) is 0.547. The maximum absolute atomic E-state index is 5.35. The van der Waals surface area contributed by atoms with Crippen LogP contribution in [-0.4, -0.2) is 13.2 Å². The Kier molecular flexibility index (Phi) is 5.99. The molecule has 0 amide bonds. The third-order valence-electron chi connectivity index (χ3n) is 2.63. The van der Waals surface area contributed by atoms with Gasteiger partial charge in [0.05, 0.1) is 12.5 Å². The lowest BCUT2D eigenvalue weighted by atomic mass is 10.2. The zero-order valence-corrected chi connectivity index (χ0v) is 11.3. The Bertz CT molecular complexity index is 478. The molecular weight excluding hydrogens is 248 g/mol. The topological polar surface area (TPSA) is 18.5 Å². The maximum Gasteiger partial charge on any atom is 0.121 e. The van der Waals surface area contributed by atoms with Crippen LogP contribution in [0.2, 0.25) is 0 Å². The number of ether oxygens (including phenoxy) is 2. The van der Waals surface area contributed by atoms with E-state index in [9.17, 15) is 0 Å². The molecule has 0 fully saturated rings. The van der Waals surface area contributed by atoms with Crippen molar-refractivity contribution >= 4 is 12.2 Å². The van der Waals surface area contributed by atoms with Crippen molar-refractivity contribution < 1.29 is 9.47 Å². The molecule has 0 aliphatic heterocycles. The normalized spacial score (nSPS) is 11.0. The second-order valence-electron chi connectivity index (χ2n) is 4.17. The molecule has 0 heterocycles. The van der Waals surface area contributed by atoms with Crippen molar-refractivity contribution in [2.75, 3.05) is 13.2 Å². The smallest absolute Gasteiger partial charge is 0.121 e. The first-order valence-electron chi connectivity index (χ1n) is 6.61. The monoisotopic (exact) mass is 266 g/mol. The molecule has 20 heavy (non-hydrogen) atoms. The van der Waals surface area contributed by atoms with Gasteiger partial charge in [-0.15, -0.1) is 0 Å². The zero-order chi connectivity index (χ0) is 13.9. The zero-order valence-electron chi connectivity index (χ0n) is 11.3. The first-order chi connectivity index (χ1) is 9.95. The first-order valence-corrected chi connectivity index (χ1v) is 6.61. The summed E-state index contributed by atoms with van der Waals surface area (Å²) in [5.74, 6) is 0. The minimum Gasteiger partial charge on any atom is -0.498 e. The lowest BCUT2D eigenvalue weighted by Crippen LogP contribution is -1.96. The second kappa shape index (κ2) is 8.59. The summed E-state index contributed by atoms with van der Waals surface area (Å²) in [6, 6.07) is 20.1. The summed E-state index contributed by atoms with van der Waals surface area (Å²) in [5.41, 5.74) is 2.25. The summed E-state index contributed by atoms with van der Waals surface area (Å²) in [6.07, 6.45) is 7.25. The number of benzene rings is 2. The Morgan fingerprint density at radius 1 is 0.600 bits per heavy atom. The standard InChI is InChI=1S/C18H18O2/c1-3-7-17(8-4-1)11-13-19-15-16-20-14-12-18-9-5-2-6-10-18/h1-14H,15-16H2/b13-11+,14-12+. The van der Waals surface area contributed by atoms with Crippen molar-refractivity contribution in [1.82, 2.24) is 0 Å². The summed E-state index contributed by atoms with van der Waals surface area (Å²) < 4.78 is 10.7. The van der Waals surface area contributed by atoms with Crippen LogP contribution in [0.1, 0.15) is 11.1 Å². The van der Waals surface area contributed by atoms with E-state index in [0.717, 1.165) is 11.1 Å². The van der Waals surface area contributed by atoms with Gasteiger partial charge in [0, 0.05) is 0 Å². The molecule has 0 N–H and O–H groups in total. The molecule has 2 heteroatoms. The Balaban J connectivity index is 1.58. The molecule has 0 aromatic heterocycles. The molecule has 0 aliphatic rings. The maximum atomic E-state index is 5.35. The van der Waals surface area contributed by atoms with Crippen molar-refractivity contribution in [1.29, 1.82) is 0 Å². The van der Waals surface area contributed by atoms with Gasteiger partial charge < -0.3 is 9.47 Å². The van der Waals surface area contributed by atoms with Crippen LogP contribution in [0.4, 0.5) is 0 Å². The van der Waals surface area contributed by atoms with Crippen molar-refractivity contribution in [3.63, 3.8) is 0 Å². The summed E-state index contributed by atoms with van der Waals surface area (Å²) >= 11 is 0. The van der Waals surface area contributed by atoms with Crippen molar-refractivity contribution in [2.45, 2.75) is 0 Å². The minimum absolute atomic E-state index is 0.530. The summed E-state index contributed by atoms with van der Waals surface area (Å²) in [7, 11) is 0. The molecule has 2 rings (SSSR count). The predicted molar refractivity (Wildman–Crippen MR) is 82.9 cm³/mol. The Morgan fingerprint density at radius 3 is 1.40 bits per heavy atom. The molecule has 0 spiro atoms. The van der Waals surface area contributed by atoms with Crippen LogP contribution in [0.15, 0.2) is 73.2 Å². The van der Waals surface area contributed by atoms with Crippen LogP contribution in [0.5, 0.6) is 0 Å². The molecule has 102 valence electrons. The summed E-state index contributed by atoms with van der Waals surface area (Å²) in [4.78, 5) is 0. The molecule has 0 aliphatic carbocycles. The predicted octanol–water partition coefficient (Wildman–Crippen LogP) is 4.36. The van der Waals surface area contributed by atoms with Gasteiger partial charge in [-0.1, -0.05) is 60.7 Å². The molecule has 2 nitrogen and oxygen atoms in total. The van der Waals surface area contributed by atoms with E-state index in [-0.39, 0.29) is 0 Å². The van der Waals surface area contributed by atoms with Gasteiger partial charge in [0.1, 0.15) is 13.2 Å². The summed E-state index contributed by atoms with van der Waals surface area (Å²) in [5, 5.41) is 0. The third kappa shape index (κ3) is 5.44. The van der Waals surface area contributed by atoms with Gasteiger partial charge >= 0.3 is 0 Å². The Morgan fingerprint density at radius 2 is 1.00 bits per heavy atom. The lowest BCUT2D eigenvalue weighted by molar-refractivity contribution is 0.152. The molecule has 0 bridgehead atoms. The first kappa shape index (κ1) is 13.9. The van der Waals surface area contributed by atoms with E-state index in [4.69, 9.17) is 9.47 Å². The van der Waals surface area contributed by atoms with E-state index in [2.05, 4.69) is 0 Å². The Hall–Kier alpha value is -2.48. The molecule has 0 radical (unpaired) electrons. The van der Waals surface area contributed by atoms with Crippen LogP contribution in [0, 0.1) is 0 Å². The largest absolute Gasteiger partial charge is 0.498 e. The molecule has 0 atom stereocenters. The molecule has 2 aromatic rings. The van der Waals surface area contributed by atoms with E-state index < -0.39 is 0 Å². The van der Waals surface area contributed by atoms with Crippen LogP contribution in [0.25, 0.3) is 12.2 Å². The highest BCUT2D eigenvalue weighted by Gasteiger charge is 1.86. The average molecular weight is 266 g/mol. The summed E-state index contributed by atoms with van der Waals surface area (Å²) in [6.45, 7) is 1.06. The fourth-order valence-corrected chi connectivity index (χ4v) is 1.61. The van der Waals surface area contributed by atoms with Crippen molar-refractivity contribution in [2.24, 2.45) is 0 Å². The van der Waals surface area contributed by atoms with Crippen LogP contribution < -0.4 is 0 Å². The van der Waals surface area contributed by atoms with Gasteiger partial charge in [-0.25, -0.2) is 0 Å². The van der Waals surface area contributed by atoms with E-state index >= 15 is 0 Å². The SMILES string of the molecule is C(=C\c1ccccc1)/OCCO/C=C/c1ccccc1. The molecular formula is C18H18O2. The van der Waals surface area contributed by atoms with Gasteiger partial charge in [-0.2, -0.15) is 0 Å².